The van der Waals surface area contributed by atoms with E-state index in [9.17, 15) is 14.4 Å². The van der Waals surface area contributed by atoms with Crippen molar-refractivity contribution in [3.8, 4) is 0 Å². The number of aromatic nitrogens is 2. The van der Waals surface area contributed by atoms with E-state index in [0.717, 1.165) is 11.1 Å². The fraction of sp³-hybridized carbons (Fsp3) is 0.412. The van der Waals surface area contributed by atoms with Crippen LogP contribution in [-0.2, 0) is 9.59 Å². The molecule has 0 spiro atoms. The quantitative estimate of drug-likeness (QED) is 0.677. The molecule has 2 aromatic rings. The van der Waals surface area contributed by atoms with Crippen molar-refractivity contribution in [2.24, 2.45) is 0 Å². The molecule has 1 fully saturated rings. The first-order chi connectivity index (χ1) is 11.0. The number of benzene rings is 1. The number of aldehydes is 1. The van der Waals surface area contributed by atoms with Crippen molar-refractivity contribution in [1.82, 2.24) is 14.9 Å². The molecule has 1 aromatic carbocycles. The Kier molecular flexibility index (Phi) is 4.09. The number of aryl methyl sites for hydroxylation is 2. The standard InChI is InChI=1S/C17H19N3O3/c1-10-4-3-5-13-16(10)19-11(2)20(17(13)23)12-6-7-14(18-8-12)15(22)9-21/h3-5,9,12,14,18H,6-8H2,1-2H3. The lowest BCUT2D eigenvalue weighted by Gasteiger charge is -2.30. The minimum absolute atomic E-state index is 0.0526. The second kappa shape index (κ2) is 6.04. The van der Waals surface area contributed by atoms with Crippen molar-refractivity contribution in [3.05, 3.63) is 39.9 Å². The van der Waals surface area contributed by atoms with Crippen LogP contribution in [0.2, 0.25) is 0 Å². The lowest BCUT2D eigenvalue weighted by atomic mass is 9.97. The molecule has 120 valence electrons. The van der Waals surface area contributed by atoms with Crippen molar-refractivity contribution >= 4 is 23.0 Å². The smallest absolute Gasteiger partial charge is 0.261 e. The molecule has 0 bridgehead atoms. The number of piperidine rings is 1. The first-order valence-corrected chi connectivity index (χ1v) is 7.73. The van der Waals surface area contributed by atoms with E-state index in [1.54, 1.807) is 10.6 Å². The number of para-hydroxylation sites is 1. The highest BCUT2D eigenvalue weighted by molar-refractivity contribution is 6.27. The number of rotatable bonds is 3. The molecule has 2 unspecified atom stereocenters. The summed E-state index contributed by atoms with van der Waals surface area (Å²) in [5, 5.41) is 3.68. The van der Waals surface area contributed by atoms with Gasteiger partial charge in [-0.25, -0.2) is 4.98 Å². The van der Waals surface area contributed by atoms with Crippen LogP contribution in [-0.4, -0.2) is 34.2 Å². The molecule has 23 heavy (non-hydrogen) atoms. The maximum atomic E-state index is 12.8. The Hall–Kier alpha value is -2.34. The van der Waals surface area contributed by atoms with Gasteiger partial charge in [-0.05, 0) is 38.3 Å². The first kappa shape index (κ1) is 15.6. The van der Waals surface area contributed by atoms with Gasteiger partial charge in [0, 0.05) is 6.54 Å². The Balaban J connectivity index is 1.97. The summed E-state index contributed by atoms with van der Waals surface area (Å²) in [7, 11) is 0. The molecular weight excluding hydrogens is 294 g/mol. The van der Waals surface area contributed by atoms with Crippen molar-refractivity contribution in [2.75, 3.05) is 6.54 Å². The predicted octanol–water partition coefficient (Wildman–Crippen LogP) is 1.07. The third-order valence-corrected chi connectivity index (χ3v) is 4.52. The molecule has 2 heterocycles. The van der Waals surface area contributed by atoms with Gasteiger partial charge in [-0.2, -0.15) is 0 Å². The van der Waals surface area contributed by atoms with Crippen LogP contribution >= 0.6 is 0 Å². The van der Waals surface area contributed by atoms with Crippen molar-refractivity contribution < 1.29 is 9.59 Å². The fourth-order valence-electron chi connectivity index (χ4n) is 3.29. The minimum Gasteiger partial charge on any atom is -0.305 e. The van der Waals surface area contributed by atoms with Gasteiger partial charge in [-0.1, -0.05) is 12.1 Å². The van der Waals surface area contributed by atoms with Gasteiger partial charge in [-0.3, -0.25) is 19.0 Å². The second-order valence-electron chi connectivity index (χ2n) is 6.02. The molecule has 1 aliphatic rings. The summed E-state index contributed by atoms with van der Waals surface area (Å²) in [6, 6.07) is 5.10. The van der Waals surface area contributed by atoms with Crippen LogP contribution in [0.3, 0.4) is 0 Å². The van der Waals surface area contributed by atoms with E-state index in [-0.39, 0.29) is 11.6 Å². The lowest BCUT2D eigenvalue weighted by molar-refractivity contribution is -0.131. The molecule has 3 rings (SSSR count). The van der Waals surface area contributed by atoms with Crippen LogP contribution in [0.5, 0.6) is 0 Å². The summed E-state index contributed by atoms with van der Waals surface area (Å²) >= 11 is 0. The molecule has 0 aliphatic carbocycles. The Morgan fingerprint density at radius 3 is 2.78 bits per heavy atom. The topological polar surface area (TPSA) is 81.1 Å². The van der Waals surface area contributed by atoms with Crippen LogP contribution in [0.15, 0.2) is 23.0 Å². The molecule has 1 aromatic heterocycles. The number of carbonyl (C=O) groups is 2. The highest BCUT2D eigenvalue weighted by atomic mass is 16.2. The van der Waals surface area contributed by atoms with Crippen LogP contribution in [0.1, 0.15) is 30.3 Å². The van der Waals surface area contributed by atoms with E-state index in [1.165, 1.54) is 0 Å². The van der Waals surface area contributed by atoms with E-state index in [0.29, 0.717) is 36.9 Å². The van der Waals surface area contributed by atoms with Gasteiger partial charge in [0.15, 0.2) is 6.29 Å². The van der Waals surface area contributed by atoms with Crippen molar-refractivity contribution in [2.45, 2.75) is 38.8 Å². The third kappa shape index (κ3) is 2.70. The molecule has 1 aliphatic heterocycles. The summed E-state index contributed by atoms with van der Waals surface area (Å²) in [5.74, 6) is 0.239. The largest absolute Gasteiger partial charge is 0.305 e. The lowest BCUT2D eigenvalue weighted by Crippen LogP contribution is -2.47. The average Bonchev–Trinajstić information content (AvgIpc) is 2.56. The number of nitrogens with zero attached hydrogens (tertiary/aromatic N) is 2. The summed E-state index contributed by atoms with van der Waals surface area (Å²) in [5.41, 5.74) is 1.67. The highest BCUT2D eigenvalue weighted by Gasteiger charge is 2.27. The molecule has 1 saturated heterocycles. The van der Waals surface area contributed by atoms with Gasteiger partial charge >= 0.3 is 0 Å². The zero-order valence-corrected chi connectivity index (χ0v) is 13.2. The molecular formula is C17H19N3O3. The Morgan fingerprint density at radius 1 is 1.35 bits per heavy atom. The molecule has 0 saturated carbocycles. The zero-order valence-electron chi connectivity index (χ0n) is 13.2. The normalized spacial score (nSPS) is 21.3. The molecule has 1 N–H and O–H groups in total. The average molecular weight is 313 g/mol. The highest BCUT2D eigenvalue weighted by Crippen LogP contribution is 2.21. The number of nitrogens with one attached hydrogen (secondary N) is 1. The van der Waals surface area contributed by atoms with Gasteiger partial charge in [0.25, 0.3) is 5.56 Å². The number of carbonyl (C=O) groups excluding carboxylic acids is 2. The predicted molar refractivity (Wildman–Crippen MR) is 86.6 cm³/mol. The number of Topliss-reactive ketones (excluding diaryl/α,β-unsaturated/α-hetero) is 1. The van der Waals surface area contributed by atoms with Crippen LogP contribution < -0.4 is 10.9 Å². The molecule has 0 amide bonds. The second-order valence-corrected chi connectivity index (χ2v) is 6.02. The van der Waals surface area contributed by atoms with Crippen LogP contribution in [0.4, 0.5) is 0 Å². The number of hydrogen-bond donors (Lipinski definition) is 1. The van der Waals surface area contributed by atoms with Gasteiger partial charge in [0.2, 0.25) is 5.78 Å². The van der Waals surface area contributed by atoms with Gasteiger partial charge in [0.05, 0.1) is 23.0 Å². The van der Waals surface area contributed by atoms with Gasteiger partial charge < -0.3 is 5.32 Å². The van der Waals surface area contributed by atoms with E-state index >= 15 is 0 Å². The monoisotopic (exact) mass is 313 g/mol. The number of ketones is 1. The summed E-state index contributed by atoms with van der Waals surface area (Å²) in [6.07, 6.45) is 1.56. The minimum atomic E-state index is -0.435. The van der Waals surface area contributed by atoms with Gasteiger partial charge in [-0.15, -0.1) is 0 Å². The molecule has 0 radical (unpaired) electrons. The van der Waals surface area contributed by atoms with Gasteiger partial charge in [0.1, 0.15) is 5.82 Å². The first-order valence-electron chi connectivity index (χ1n) is 7.73. The number of fused-ring (bicyclic) bond motifs is 1. The van der Waals surface area contributed by atoms with E-state index in [1.807, 2.05) is 26.0 Å². The summed E-state index contributed by atoms with van der Waals surface area (Å²) in [6.45, 7) is 4.25. The summed E-state index contributed by atoms with van der Waals surface area (Å²) < 4.78 is 1.70. The Morgan fingerprint density at radius 2 is 2.13 bits per heavy atom. The Labute approximate surface area is 133 Å². The summed E-state index contributed by atoms with van der Waals surface area (Å²) in [4.78, 5) is 39.5. The SMILES string of the molecule is Cc1cccc2c(=O)n(C3CCC(C(=O)C=O)NC3)c(C)nc12. The van der Waals surface area contributed by atoms with Crippen LogP contribution in [0.25, 0.3) is 10.9 Å². The molecule has 6 heteroatoms. The van der Waals surface area contributed by atoms with Crippen molar-refractivity contribution in [1.29, 1.82) is 0 Å². The fourth-order valence-corrected chi connectivity index (χ4v) is 3.29. The zero-order chi connectivity index (χ0) is 16.6. The maximum Gasteiger partial charge on any atom is 0.261 e. The van der Waals surface area contributed by atoms with Crippen LogP contribution in [0, 0.1) is 13.8 Å². The Bertz CT molecular complexity index is 833. The van der Waals surface area contributed by atoms with Crippen molar-refractivity contribution in [3.63, 3.8) is 0 Å². The van der Waals surface area contributed by atoms with E-state index in [4.69, 9.17) is 0 Å². The van der Waals surface area contributed by atoms with E-state index in [2.05, 4.69) is 10.3 Å². The molecule has 2 atom stereocenters. The number of hydrogen-bond acceptors (Lipinski definition) is 5. The van der Waals surface area contributed by atoms with E-state index < -0.39 is 11.8 Å². The maximum absolute atomic E-state index is 12.8. The molecule has 6 nitrogen and oxygen atoms in total. The third-order valence-electron chi connectivity index (χ3n) is 4.52.